The molecule has 0 radical (unpaired) electrons. The van der Waals surface area contributed by atoms with Gasteiger partial charge >= 0.3 is 6.09 Å². The Morgan fingerprint density at radius 1 is 1.23 bits per heavy atom. The lowest BCUT2D eigenvalue weighted by Gasteiger charge is -2.35. The summed E-state index contributed by atoms with van der Waals surface area (Å²) < 4.78 is 5.04. The van der Waals surface area contributed by atoms with Gasteiger partial charge in [0.1, 0.15) is 12.1 Å². The number of piperazine rings is 1. The van der Waals surface area contributed by atoms with Crippen LogP contribution >= 0.6 is 0 Å². The first-order valence-electron chi connectivity index (χ1n) is 7.97. The summed E-state index contributed by atoms with van der Waals surface area (Å²) in [7, 11) is 0. The van der Waals surface area contributed by atoms with Crippen LogP contribution in [0.4, 0.5) is 10.6 Å². The maximum Gasteiger partial charge on any atom is 0.409 e. The third kappa shape index (κ3) is 3.67. The topological polar surface area (TPSA) is 58.6 Å². The molecule has 1 fully saturated rings. The lowest BCUT2D eigenvalue weighted by Crippen LogP contribution is -2.49. The van der Waals surface area contributed by atoms with Crippen LogP contribution in [-0.2, 0) is 10.2 Å². The van der Waals surface area contributed by atoms with Gasteiger partial charge in [-0.25, -0.2) is 14.8 Å². The molecule has 0 atom stereocenters. The van der Waals surface area contributed by atoms with Crippen LogP contribution in [0.2, 0.25) is 0 Å². The minimum atomic E-state index is -0.224. The number of rotatable bonds is 4. The summed E-state index contributed by atoms with van der Waals surface area (Å²) in [4.78, 5) is 24.5. The number of hydrogen-bond donors (Lipinski definition) is 0. The highest BCUT2D eigenvalue weighted by Crippen LogP contribution is 2.27. The van der Waals surface area contributed by atoms with Crippen LogP contribution in [0.15, 0.2) is 12.4 Å². The molecular weight excluding hydrogens is 280 g/mol. The molecule has 0 spiro atoms. The van der Waals surface area contributed by atoms with E-state index in [1.807, 2.05) is 6.92 Å². The zero-order chi connectivity index (χ0) is 16.2. The van der Waals surface area contributed by atoms with Gasteiger partial charge in [0.05, 0.1) is 12.3 Å². The maximum atomic E-state index is 11.7. The molecule has 6 heteroatoms. The first-order chi connectivity index (χ1) is 10.5. The summed E-state index contributed by atoms with van der Waals surface area (Å²) in [6.07, 6.45) is 2.44. The smallest absolute Gasteiger partial charge is 0.409 e. The Hall–Kier alpha value is -1.85. The van der Waals surface area contributed by atoms with E-state index in [2.05, 4.69) is 41.7 Å². The Labute approximate surface area is 132 Å². The van der Waals surface area contributed by atoms with E-state index in [0.717, 1.165) is 31.0 Å². The van der Waals surface area contributed by atoms with Gasteiger partial charge in [-0.15, -0.1) is 0 Å². The normalized spacial score (nSPS) is 15.8. The summed E-state index contributed by atoms with van der Waals surface area (Å²) in [5, 5.41) is 0. The lowest BCUT2D eigenvalue weighted by atomic mass is 9.86. The second kappa shape index (κ2) is 6.94. The number of carbonyl (C=O) groups is 1. The fourth-order valence-corrected chi connectivity index (χ4v) is 2.40. The minimum absolute atomic E-state index is 0.0461. The van der Waals surface area contributed by atoms with Crippen molar-refractivity contribution in [3.8, 4) is 0 Å². The number of nitrogens with zero attached hydrogens (tertiary/aromatic N) is 4. The van der Waals surface area contributed by atoms with Crippen molar-refractivity contribution in [2.45, 2.75) is 39.5 Å². The fraction of sp³-hybridized carbons (Fsp3) is 0.688. The van der Waals surface area contributed by atoms with Crippen molar-refractivity contribution in [2.75, 3.05) is 37.7 Å². The Kier molecular flexibility index (Phi) is 5.21. The highest BCUT2D eigenvalue weighted by atomic mass is 16.6. The Morgan fingerprint density at radius 3 is 2.50 bits per heavy atom. The zero-order valence-corrected chi connectivity index (χ0v) is 14.0. The Morgan fingerprint density at radius 2 is 1.91 bits per heavy atom. The van der Waals surface area contributed by atoms with Gasteiger partial charge in [-0.2, -0.15) is 0 Å². The fourth-order valence-electron chi connectivity index (χ4n) is 2.40. The Balaban J connectivity index is 2.03. The molecule has 22 heavy (non-hydrogen) atoms. The van der Waals surface area contributed by atoms with E-state index in [1.165, 1.54) is 0 Å². The predicted octanol–water partition coefficient (Wildman–Crippen LogP) is 2.44. The van der Waals surface area contributed by atoms with Gasteiger partial charge in [0, 0.05) is 37.7 Å². The molecule has 2 rings (SSSR count). The van der Waals surface area contributed by atoms with Crippen molar-refractivity contribution in [3.05, 3.63) is 18.1 Å². The molecule has 0 saturated carbocycles. The van der Waals surface area contributed by atoms with E-state index in [1.54, 1.807) is 11.2 Å². The van der Waals surface area contributed by atoms with Crippen LogP contribution in [0.5, 0.6) is 0 Å². The average molecular weight is 306 g/mol. The van der Waals surface area contributed by atoms with Crippen LogP contribution in [0.25, 0.3) is 0 Å². The second-order valence-corrected chi connectivity index (χ2v) is 6.17. The van der Waals surface area contributed by atoms with E-state index in [0.29, 0.717) is 19.7 Å². The van der Waals surface area contributed by atoms with Gasteiger partial charge in [0.15, 0.2) is 0 Å². The molecular formula is C16H26N4O2. The van der Waals surface area contributed by atoms with Crippen LogP contribution in [0, 0.1) is 0 Å². The molecule has 2 heterocycles. The van der Waals surface area contributed by atoms with E-state index in [9.17, 15) is 4.79 Å². The highest BCUT2D eigenvalue weighted by Gasteiger charge is 2.25. The molecule has 1 amide bonds. The average Bonchev–Trinajstić information content (AvgIpc) is 2.55. The molecule has 6 nitrogen and oxygen atoms in total. The van der Waals surface area contributed by atoms with Crippen LogP contribution in [0.3, 0.4) is 0 Å². The Bertz CT molecular complexity index is 511. The number of ether oxygens (including phenoxy) is 1. The third-order valence-electron chi connectivity index (χ3n) is 4.36. The van der Waals surface area contributed by atoms with Gasteiger partial charge in [-0.3, -0.25) is 0 Å². The number of anilines is 1. The summed E-state index contributed by atoms with van der Waals surface area (Å²) >= 11 is 0. The van der Waals surface area contributed by atoms with Crippen molar-refractivity contribution < 1.29 is 9.53 Å². The highest BCUT2D eigenvalue weighted by molar-refractivity contribution is 5.68. The van der Waals surface area contributed by atoms with Crippen molar-refractivity contribution >= 4 is 11.9 Å². The standard InChI is InChI=1S/C16H26N4O2/c1-5-16(3,4)13-11-14(18-12-17-13)19-7-9-20(10-8-19)15(21)22-6-2/h11-12H,5-10H2,1-4H3. The van der Waals surface area contributed by atoms with Crippen molar-refractivity contribution in [1.82, 2.24) is 14.9 Å². The molecule has 0 bridgehead atoms. The molecule has 0 aromatic carbocycles. The van der Waals surface area contributed by atoms with Gasteiger partial charge in [-0.1, -0.05) is 20.8 Å². The van der Waals surface area contributed by atoms with Crippen molar-refractivity contribution in [3.63, 3.8) is 0 Å². The summed E-state index contributed by atoms with van der Waals surface area (Å²) in [6.45, 7) is 11.6. The van der Waals surface area contributed by atoms with Crippen molar-refractivity contribution in [2.24, 2.45) is 0 Å². The zero-order valence-electron chi connectivity index (χ0n) is 14.0. The lowest BCUT2D eigenvalue weighted by molar-refractivity contribution is 0.105. The van der Waals surface area contributed by atoms with Crippen molar-refractivity contribution in [1.29, 1.82) is 0 Å². The molecule has 0 aliphatic carbocycles. The molecule has 1 aromatic rings. The number of aromatic nitrogens is 2. The molecule has 1 aliphatic heterocycles. The van der Waals surface area contributed by atoms with Gasteiger partial charge in [-0.05, 0) is 13.3 Å². The van der Waals surface area contributed by atoms with Gasteiger partial charge in [0.2, 0.25) is 0 Å². The maximum absolute atomic E-state index is 11.7. The molecule has 1 aliphatic rings. The summed E-state index contributed by atoms with van der Waals surface area (Å²) in [6, 6.07) is 2.07. The monoisotopic (exact) mass is 306 g/mol. The molecule has 122 valence electrons. The molecule has 1 saturated heterocycles. The quantitative estimate of drug-likeness (QED) is 0.855. The SMILES string of the molecule is CCOC(=O)N1CCN(c2cc(C(C)(C)CC)ncn2)CC1. The molecule has 0 N–H and O–H groups in total. The van der Waals surface area contributed by atoms with Crippen LogP contribution in [-0.4, -0.2) is 53.7 Å². The predicted molar refractivity (Wildman–Crippen MR) is 86.2 cm³/mol. The van der Waals surface area contributed by atoms with Gasteiger partial charge < -0.3 is 14.5 Å². The second-order valence-electron chi connectivity index (χ2n) is 6.17. The number of carbonyl (C=O) groups excluding carboxylic acids is 1. The van der Waals surface area contributed by atoms with E-state index >= 15 is 0 Å². The third-order valence-corrected chi connectivity index (χ3v) is 4.36. The van der Waals surface area contributed by atoms with Crippen LogP contribution in [0.1, 0.15) is 39.8 Å². The summed E-state index contributed by atoms with van der Waals surface area (Å²) in [5.41, 5.74) is 1.11. The van der Waals surface area contributed by atoms with Crippen LogP contribution < -0.4 is 4.90 Å². The first kappa shape index (κ1) is 16.5. The first-order valence-corrected chi connectivity index (χ1v) is 7.97. The number of amides is 1. The minimum Gasteiger partial charge on any atom is -0.450 e. The molecule has 1 aromatic heterocycles. The van der Waals surface area contributed by atoms with E-state index < -0.39 is 0 Å². The van der Waals surface area contributed by atoms with E-state index in [4.69, 9.17) is 4.74 Å². The summed E-state index contributed by atoms with van der Waals surface area (Å²) in [5.74, 6) is 0.940. The largest absolute Gasteiger partial charge is 0.450 e. The molecule has 0 unspecified atom stereocenters. The van der Waals surface area contributed by atoms with E-state index in [-0.39, 0.29) is 11.5 Å². The van der Waals surface area contributed by atoms with Gasteiger partial charge in [0.25, 0.3) is 0 Å². The number of hydrogen-bond acceptors (Lipinski definition) is 5.